The minimum Gasteiger partial charge on any atom is -0.457 e. The largest absolute Gasteiger partial charge is 0.457 e. The van der Waals surface area contributed by atoms with E-state index < -0.39 is 0 Å². The molecule has 0 atom stereocenters. The maximum absolute atomic E-state index is 6.69. The van der Waals surface area contributed by atoms with Crippen LogP contribution in [-0.4, -0.2) is 23.5 Å². The van der Waals surface area contributed by atoms with Gasteiger partial charge in [-0.1, -0.05) is 93.6 Å². The topological polar surface area (TPSA) is 49.3 Å². The molecule has 0 amide bonds. The van der Waals surface area contributed by atoms with Crippen molar-refractivity contribution in [2.75, 3.05) is 0 Å². The van der Waals surface area contributed by atoms with Gasteiger partial charge in [0.1, 0.15) is 17.3 Å². The highest BCUT2D eigenvalue weighted by atomic mass is 16.5. The molecule has 0 aliphatic rings. The number of aromatic nitrogens is 5. The Kier molecular flexibility index (Phi) is 6.64. The van der Waals surface area contributed by atoms with Gasteiger partial charge in [0.25, 0.3) is 0 Å². The molecule has 0 fully saturated rings. The second kappa shape index (κ2) is 11.4. The number of pyridine rings is 1. The van der Waals surface area contributed by atoms with Crippen LogP contribution in [0.5, 0.6) is 11.5 Å². The molecule has 4 heterocycles. The molecule has 250 valence electrons. The molecule has 0 saturated heterocycles. The summed E-state index contributed by atoms with van der Waals surface area (Å²) in [7, 11) is 0. The van der Waals surface area contributed by atoms with Gasteiger partial charge < -0.3 is 4.74 Å². The molecule has 0 radical (unpaired) electrons. The van der Waals surface area contributed by atoms with Crippen molar-refractivity contribution in [2.45, 2.75) is 26.2 Å². The molecule has 52 heavy (non-hydrogen) atoms. The number of hydrogen-bond donors (Lipinski definition) is 0. The van der Waals surface area contributed by atoms with Gasteiger partial charge in [-0.25, -0.2) is 9.97 Å². The summed E-state index contributed by atoms with van der Waals surface area (Å²) < 4.78 is 13.4. The SMILES string of the molecule is CC(C)(C)c1ccnc(-n2c3ccccc3c3ccc(Oc4cccc(-n5c6cc(-c7ccccc7)ccc6n6c7ccccc7nc56)c4)cc32)c1. The van der Waals surface area contributed by atoms with E-state index in [-0.39, 0.29) is 5.41 Å². The van der Waals surface area contributed by atoms with E-state index in [0.717, 1.165) is 72.8 Å². The molecule has 0 unspecified atom stereocenters. The highest BCUT2D eigenvalue weighted by molar-refractivity contribution is 6.09. The van der Waals surface area contributed by atoms with E-state index in [1.165, 1.54) is 16.5 Å². The second-order valence-electron chi connectivity index (χ2n) is 14.4. The molecular weight excluding hydrogens is 639 g/mol. The molecule has 0 saturated carbocycles. The molecule has 6 nitrogen and oxygen atoms in total. The Bertz CT molecular complexity index is 2980. The summed E-state index contributed by atoms with van der Waals surface area (Å²) in [4.78, 5) is 9.99. The van der Waals surface area contributed by atoms with Gasteiger partial charge in [-0.2, -0.15) is 0 Å². The van der Waals surface area contributed by atoms with Crippen molar-refractivity contribution in [1.29, 1.82) is 0 Å². The van der Waals surface area contributed by atoms with E-state index in [9.17, 15) is 0 Å². The third kappa shape index (κ3) is 4.79. The number of rotatable bonds is 5. The van der Waals surface area contributed by atoms with Crippen LogP contribution in [0.3, 0.4) is 0 Å². The Morgan fingerprint density at radius 3 is 2.15 bits per heavy atom. The van der Waals surface area contributed by atoms with Crippen LogP contribution in [0.4, 0.5) is 0 Å². The predicted octanol–water partition coefficient (Wildman–Crippen LogP) is 11.7. The summed E-state index contributed by atoms with van der Waals surface area (Å²) in [6, 6.07) is 52.9. The molecule has 0 spiro atoms. The monoisotopic (exact) mass is 673 g/mol. The number of hydrogen-bond acceptors (Lipinski definition) is 3. The van der Waals surface area contributed by atoms with Gasteiger partial charge in [0, 0.05) is 29.1 Å². The number of benzene rings is 6. The van der Waals surface area contributed by atoms with Crippen LogP contribution in [0.15, 0.2) is 158 Å². The van der Waals surface area contributed by atoms with Gasteiger partial charge in [-0.05, 0) is 88.8 Å². The third-order valence-electron chi connectivity index (χ3n) is 10.1. The Labute approximate surface area is 300 Å². The van der Waals surface area contributed by atoms with Crippen molar-refractivity contribution in [3.8, 4) is 34.1 Å². The Balaban J connectivity index is 1.11. The smallest absolute Gasteiger partial charge is 0.220 e. The summed E-state index contributed by atoms with van der Waals surface area (Å²) in [5, 5.41) is 2.33. The average molecular weight is 674 g/mol. The lowest BCUT2D eigenvalue weighted by atomic mass is 9.88. The molecule has 10 aromatic rings. The van der Waals surface area contributed by atoms with Gasteiger partial charge in [0.05, 0.1) is 38.8 Å². The van der Waals surface area contributed by atoms with Crippen LogP contribution in [0.25, 0.3) is 72.3 Å². The quantitative estimate of drug-likeness (QED) is 0.183. The maximum atomic E-state index is 6.69. The first kappa shape index (κ1) is 30.2. The molecule has 6 aromatic carbocycles. The van der Waals surface area contributed by atoms with E-state index in [2.05, 4.69) is 168 Å². The highest BCUT2D eigenvalue weighted by Gasteiger charge is 2.20. The van der Waals surface area contributed by atoms with Crippen LogP contribution in [0, 0.1) is 0 Å². The zero-order valence-corrected chi connectivity index (χ0v) is 29.2. The lowest BCUT2D eigenvalue weighted by molar-refractivity contribution is 0.483. The van der Waals surface area contributed by atoms with Crippen LogP contribution >= 0.6 is 0 Å². The van der Waals surface area contributed by atoms with Gasteiger partial charge in [-0.3, -0.25) is 13.5 Å². The van der Waals surface area contributed by atoms with Crippen molar-refractivity contribution < 1.29 is 4.74 Å². The zero-order chi connectivity index (χ0) is 35.0. The number of para-hydroxylation sites is 3. The third-order valence-corrected chi connectivity index (χ3v) is 10.1. The fourth-order valence-corrected chi connectivity index (χ4v) is 7.55. The van der Waals surface area contributed by atoms with Crippen LogP contribution in [-0.2, 0) is 5.41 Å². The van der Waals surface area contributed by atoms with Gasteiger partial charge >= 0.3 is 0 Å². The summed E-state index contributed by atoms with van der Waals surface area (Å²) >= 11 is 0. The van der Waals surface area contributed by atoms with Crippen molar-refractivity contribution >= 4 is 49.7 Å². The van der Waals surface area contributed by atoms with Gasteiger partial charge in [-0.15, -0.1) is 0 Å². The van der Waals surface area contributed by atoms with E-state index in [1.807, 2.05) is 24.4 Å². The standard InChI is InChI=1S/C46H35N5O/c1-46(2,3)32-24-25-47-44(27-32)50-39-18-9-7-16-36(39)37-22-21-35(29-42(37)50)52-34-15-11-14-33(28-34)49-43-26-31(30-12-5-4-6-13-30)20-23-41(43)51-40-19-10-8-17-38(40)48-45(49)51/h4-29H,1-3H3. The van der Waals surface area contributed by atoms with Crippen molar-refractivity contribution in [2.24, 2.45) is 0 Å². The molecule has 0 aliphatic carbocycles. The first-order valence-electron chi connectivity index (χ1n) is 17.7. The first-order valence-corrected chi connectivity index (χ1v) is 17.7. The van der Waals surface area contributed by atoms with Crippen molar-refractivity contribution in [1.82, 2.24) is 23.5 Å². The highest BCUT2D eigenvalue weighted by Crippen LogP contribution is 2.37. The molecule has 0 bridgehead atoms. The van der Waals surface area contributed by atoms with Crippen molar-refractivity contribution in [3.63, 3.8) is 0 Å². The number of imidazole rings is 2. The summed E-state index contributed by atoms with van der Waals surface area (Å²) in [6.45, 7) is 6.70. The van der Waals surface area contributed by atoms with Gasteiger partial charge in [0.2, 0.25) is 5.78 Å². The fourth-order valence-electron chi connectivity index (χ4n) is 7.55. The normalized spacial score (nSPS) is 12.1. The Morgan fingerprint density at radius 2 is 1.29 bits per heavy atom. The molecule has 0 N–H and O–H groups in total. The minimum atomic E-state index is -0.00140. The summed E-state index contributed by atoms with van der Waals surface area (Å²) in [5.41, 5.74) is 10.9. The molecule has 4 aromatic heterocycles. The molecule has 0 aliphatic heterocycles. The van der Waals surface area contributed by atoms with E-state index in [4.69, 9.17) is 14.7 Å². The predicted molar refractivity (Wildman–Crippen MR) is 212 cm³/mol. The number of ether oxygens (including phenoxy) is 1. The van der Waals surface area contributed by atoms with Gasteiger partial charge in [0.15, 0.2) is 0 Å². The minimum absolute atomic E-state index is 0.00140. The Morgan fingerprint density at radius 1 is 0.519 bits per heavy atom. The van der Waals surface area contributed by atoms with E-state index >= 15 is 0 Å². The maximum Gasteiger partial charge on any atom is 0.220 e. The molecule has 6 heteroatoms. The Hall–Kier alpha value is -6.66. The van der Waals surface area contributed by atoms with Crippen molar-refractivity contribution in [3.05, 3.63) is 163 Å². The molecule has 10 rings (SSSR count). The second-order valence-corrected chi connectivity index (χ2v) is 14.4. The van der Waals surface area contributed by atoms with Crippen LogP contribution < -0.4 is 4.74 Å². The van der Waals surface area contributed by atoms with E-state index in [1.54, 1.807) is 0 Å². The average Bonchev–Trinajstić information content (AvgIpc) is 3.81. The lowest BCUT2D eigenvalue weighted by Gasteiger charge is -2.20. The zero-order valence-electron chi connectivity index (χ0n) is 29.2. The number of nitrogens with zero attached hydrogens (tertiary/aromatic N) is 5. The van der Waals surface area contributed by atoms with E-state index in [0.29, 0.717) is 0 Å². The molecular formula is C46H35N5O. The van der Waals surface area contributed by atoms with Crippen LogP contribution in [0.2, 0.25) is 0 Å². The fraction of sp³-hybridized carbons (Fsp3) is 0.0870. The summed E-state index contributed by atoms with van der Waals surface area (Å²) in [5.74, 6) is 3.24. The van der Waals surface area contributed by atoms with Crippen LogP contribution in [0.1, 0.15) is 26.3 Å². The lowest BCUT2D eigenvalue weighted by Crippen LogP contribution is -2.12. The number of fused-ring (bicyclic) bond motifs is 8. The summed E-state index contributed by atoms with van der Waals surface area (Å²) in [6.07, 6.45) is 1.91. The first-order chi connectivity index (χ1) is 25.4.